The number of para-hydroxylation sites is 2. The lowest BCUT2D eigenvalue weighted by Crippen LogP contribution is -2.28. The molecule has 0 radical (unpaired) electrons. The number of methoxy groups -OCH3 is 1. The van der Waals surface area contributed by atoms with Crippen molar-refractivity contribution in [2.24, 2.45) is 0 Å². The van der Waals surface area contributed by atoms with Gasteiger partial charge in [-0.15, -0.1) is 0 Å². The van der Waals surface area contributed by atoms with Crippen LogP contribution in [-0.2, 0) is 11.3 Å². The maximum Gasteiger partial charge on any atom is 0.258 e. The number of hydrogen-bond acceptors (Lipinski definition) is 6. The maximum atomic E-state index is 12.2. The van der Waals surface area contributed by atoms with E-state index < -0.39 is 0 Å². The van der Waals surface area contributed by atoms with Crippen molar-refractivity contribution >= 4 is 5.91 Å². The van der Waals surface area contributed by atoms with Crippen molar-refractivity contribution < 1.29 is 14.3 Å². The summed E-state index contributed by atoms with van der Waals surface area (Å²) in [6, 6.07) is 20.9. The topological polar surface area (TPSA) is 86.2 Å². The van der Waals surface area contributed by atoms with Crippen LogP contribution < -0.4 is 14.8 Å². The van der Waals surface area contributed by atoms with Gasteiger partial charge in [-0.05, 0) is 36.8 Å². The molecule has 33 heavy (non-hydrogen) atoms. The van der Waals surface area contributed by atoms with Crippen LogP contribution >= 0.6 is 0 Å². The van der Waals surface area contributed by atoms with Crippen molar-refractivity contribution in [3.8, 4) is 34.0 Å². The summed E-state index contributed by atoms with van der Waals surface area (Å²) in [5.41, 5.74) is 4.43. The van der Waals surface area contributed by atoms with E-state index in [1.165, 1.54) is 0 Å². The molecule has 0 aliphatic heterocycles. The average molecular weight is 441 g/mol. The van der Waals surface area contributed by atoms with Crippen LogP contribution in [0.4, 0.5) is 0 Å². The summed E-state index contributed by atoms with van der Waals surface area (Å²) in [7, 11) is 1.56. The zero-order valence-corrected chi connectivity index (χ0v) is 18.5. The number of rotatable bonds is 8. The Balaban J connectivity index is 1.40. The summed E-state index contributed by atoms with van der Waals surface area (Å²) >= 11 is 0. The smallest absolute Gasteiger partial charge is 0.258 e. The second kappa shape index (κ2) is 10.4. The van der Waals surface area contributed by atoms with E-state index in [2.05, 4.69) is 20.3 Å². The Morgan fingerprint density at radius 2 is 1.70 bits per heavy atom. The van der Waals surface area contributed by atoms with Gasteiger partial charge in [0.1, 0.15) is 5.82 Å². The second-order valence-electron chi connectivity index (χ2n) is 7.31. The molecule has 0 aliphatic rings. The van der Waals surface area contributed by atoms with E-state index in [0.717, 1.165) is 28.1 Å². The highest BCUT2D eigenvalue weighted by Gasteiger charge is 2.12. The Morgan fingerprint density at radius 1 is 0.939 bits per heavy atom. The molecule has 1 N–H and O–H groups in total. The Morgan fingerprint density at radius 3 is 2.42 bits per heavy atom. The van der Waals surface area contributed by atoms with Crippen LogP contribution in [0, 0.1) is 6.92 Å². The first-order valence-corrected chi connectivity index (χ1v) is 10.5. The first kappa shape index (κ1) is 22.0. The van der Waals surface area contributed by atoms with Gasteiger partial charge in [0.15, 0.2) is 18.1 Å². The van der Waals surface area contributed by atoms with Gasteiger partial charge in [-0.1, -0.05) is 42.5 Å². The third-order valence-corrected chi connectivity index (χ3v) is 4.99. The zero-order valence-electron chi connectivity index (χ0n) is 18.5. The van der Waals surface area contributed by atoms with E-state index >= 15 is 0 Å². The molecule has 7 heteroatoms. The van der Waals surface area contributed by atoms with Crippen LogP contribution in [0.3, 0.4) is 0 Å². The van der Waals surface area contributed by atoms with Crippen molar-refractivity contribution in [1.29, 1.82) is 0 Å². The first-order chi connectivity index (χ1) is 16.1. The maximum absolute atomic E-state index is 12.2. The lowest BCUT2D eigenvalue weighted by Gasteiger charge is -2.11. The monoisotopic (exact) mass is 440 g/mol. The quantitative estimate of drug-likeness (QED) is 0.442. The molecule has 7 nitrogen and oxygen atoms in total. The van der Waals surface area contributed by atoms with Gasteiger partial charge in [-0.2, -0.15) is 0 Å². The number of amides is 1. The van der Waals surface area contributed by atoms with Crippen molar-refractivity contribution in [2.75, 3.05) is 13.7 Å². The summed E-state index contributed by atoms with van der Waals surface area (Å²) < 4.78 is 10.8. The molecule has 2 heterocycles. The number of aromatic nitrogens is 3. The Bertz CT molecular complexity index is 1230. The fourth-order valence-corrected chi connectivity index (χ4v) is 3.31. The third kappa shape index (κ3) is 5.51. The molecule has 2 aromatic carbocycles. The van der Waals surface area contributed by atoms with E-state index in [1.54, 1.807) is 31.6 Å². The van der Waals surface area contributed by atoms with Crippen molar-refractivity contribution in [2.45, 2.75) is 13.5 Å². The van der Waals surface area contributed by atoms with E-state index in [1.807, 2.05) is 61.5 Å². The van der Waals surface area contributed by atoms with E-state index in [-0.39, 0.29) is 12.5 Å². The molecule has 1 amide bonds. The second-order valence-corrected chi connectivity index (χ2v) is 7.31. The van der Waals surface area contributed by atoms with Gasteiger partial charge in [-0.3, -0.25) is 9.78 Å². The predicted octanol–water partition coefficient (Wildman–Crippen LogP) is 4.22. The van der Waals surface area contributed by atoms with Crippen LogP contribution in [0.5, 0.6) is 11.5 Å². The van der Waals surface area contributed by atoms with Crippen molar-refractivity contribution in [3.63, 3.8) is 0 Å². The number of nitrogens with one attached hydrogen (secondary N) is 1. The molecule has 0 aliphatic carbocycles. The highest BCUT2D eigenvalue weighted by Crippen LogP contribution is 2.29. The van der Waals surface area contributed by atoms with Crippen LogP contribution in [0.15, 0.2) is 79.1 Å². The fourth-order valence-electron chi connectivity index (χ4n) is 3.31. The summed E-state index contributed by atoms with van der Waals surface area (Å²) in [5, 5.41) is 2.87. The number of benzene rings is 2. The number of pyridine rings is 1. The minimum absolute atomic E-state index is 0.0912. The Labute approximate surface area is 192 Å². The Hall–Kier alpha value is -4.26. The van der Waals surface area contributed by atoms with E-state index in [0.29, 0.717) is 23.9 Å². The minimum Gasteiger partial charge on any atom is -0.493 e. The van der Waals surface area contributed by atoms with Gasteiger partial charge < -0.3 is 14.8 Å². The molecular weight excluding hydrogens is 416 g/mol. The largest absolute Gasteiger partial charge is 0.493 e. The minimum atomic E-state index is -0.214. The highest BCUT2D eigenvalue weighted by molar-refractivity contribution is 5.79. The normalized spacial score (nSPS) is 10.5. The molecule has 0 bridgehead atoms. The molecule has 0 unspecified atom stereocenters. The lowest BCUT2D eigenvalue weighted by atomic mass is 10.0. The standard InChI is InChI=1S/C26H24N4O3/c1-18-28-16-21(22-7-5-6-14-27-22)26(30-18)20-12-10-19(11-13-20)15-29-25(31)17-33-24-9-4-3-8-23(24)32-2/h3-14,16H,15,17H2,1-2H3,(H,29,31). The van der Waals surface area contributed by atoms with Crippen molar-refractivity contribution in [3.05, 3.63) is 90.5 Å². The van der Waals surface area contributed by atoms with Crippen LogP contribution in [-0.4, -0.2) is 34.6 Å². The SMILES string of the molecule is COc1ccccc1OCC(=O)NCc1ccc(-c2nc(C)ncc2-c2ccccn2)cc1. The lowest BCUT2D eigenvalue weighted by molar-refractivity contribution is -0.123. The molecule has 0 saturated heterocycles. The number of carbonyl (C=O) groups excluding carboxylic acids is 1. The van der Waals surface area contributed by atoms with Gasteiger partial charge in [0, 0.05) is 30.1 Å². The molecule has 2 aromatic heterocycles. The molecule has 4 aromatic rings. The van der Waals surface area contributed by atoms with Gasteiger partial charge in [0.25, 0.3) is 5.91 Å². The molecular formula is C26H24N4O3. The van der Waals surface area contributed by atoms with Crippen LogP contribution in [0.25, 0.3) is 22.5 Å². The first-order valence-electron chi connectivity index (χ1n) is 10.5. The molecule has 166 valence electrons. The molecule has 0 atom stereocenters. The third-order valence-electron chi connectivity index (χ3n) is 4.99. The molecule has 4 rings (SSSR count). The van der Waals surface area contributed by atoms with Crippen LogP contribution in [0.2, 0.25) is 0 Å². The zero-order chi connectivity index (χ0) is 23.0. The van der Waals surface area contributed by atoms with Gasteiger partial charge in [0.05, 0.1) is 18.5 Å². The summed E-state index contributed by atoms with van der Waals surface area (Å²) in [5.74, 6) is 1.60. The highest BCUT2D eigenvalue weighted by atomic mass is 16.5. The number of nitrogens with zero attached hydrogens (tertiary/aromatic N) is 3. The van der Waals surface area contributed by atoms with Crippen LogP contribution in [0.1, 0.15) is 11.4 Å². The molecule has 0 spiro atoms. The summed E-state index contributed by atoms with van der Waals surface area (Å²) in [6.45, 7) is 2.17. The summed E-state index contributed by atoms with van der Waals surface area (Å²) in [4.78, 5) is 25.6. The summed E-state index contributed by atoms with van der Waals surface area (Å²) in [6.07, 6.45) is 3.55. The average Bonchev–Trinajstić information content (AvgIpc) is 2.87. The number of ether oxygens (including phenoxy) is 2. The van der Waals surface area contributed by atoms with E-state index in [9.17, 15) is 4.79 Å². The Kier molecular flexibility index (Phi) is 6.90. The number of aryl methyl sites for hydroxylation is 1. The fraction of sp³-hybridized carbons (Fsp3) is 0.154. The predicted molar refractivity (Wildman–Crippen MR) is 126 cm³/mol. The molecule has 0 fully saturated rings. The number of carbonyl (C=O) groups is 1. The number of hydrogen-bond donors (Lipinski definition) is 1. The van der Waals surface area contributed by atoms with Gasteiger partial charge >= 0.3 is 0 Å². The van der Waals surface area contributed by atoms with Gasteiger partial charge in [-0.25, -0.2) is 9.97 Å². The van der Waals surface area contributed by atoms with Gasteiger partial charge in [0.2, 0.25) is 0 Å². The van der Waals surface area contributed by atoms with Crippen molar-refractivity contribution in [1.82, 2.24) is 20.3 Å². The van der Waals surface area contributed by atoms with E-state index in [4.69, 9.17) is 9.47 Å². The molecule has 0 saturated carbocycles.